The second kappa shape index (κ2) is 10.7. The average Bonchev–Trinajstić information content (AvgIpc) is 3.33. The molecule has 6 N–H and O–H groups in total. The third-order valence-corrected chi connectivity index (χ3v) is 6.07. The molecule has 0 bridgehead atoms. The Hall–Kier alpha value is -3.83. The number of benzene rings is 2. The molecule has 1 amide bonds. The predicted molar refractivity (Wildman–Crippen MR) is 136 cm³/mol. The molecule has 1 aliphatic rings. The lowest BCUT2D eigenvalue weighted by Gasteiger charge is -2.28. The van der Waals surface area contributed by atoms with Crippen molar-refractivity contribution in [2.45, 2.75) is 24.7 Å². The highest BCUT2D eigenvalue weighted by Crippen LogP contribution is 2.37. The zero-order valence-corrected chi connectivity index (χ0v) is 20.2. The summed E-state index contributed by atoms with van der Waals surface area (Å²) in [6, 6.07) is 11.8. The van der Waals surface area contributed by atoms with E-state index in [2.05, 4.69) is 20.6 Å². The molecule has 2 heterocycles. The van der Waals surface area contributed by atoms with Crippen molar-refractivity contribution >= 4 is 40.4 Å². The van der Waals surface area contributed by atoms with Crippen molar-refractivity contribution in [2.75, 3.05) is 24.3 Å². The summed E-state index contributed by atoms with van der Waals surface area (Å²) in [5.41, 5.74) is 11.9. The van der Waals surface area contributed by atoms with Crippen LogP contribution in [0.25, 0.3) is 0 Å². The fourth-order valence-corrected chi connectivity index (χ4v) is 4.01. The number of amidine groups is 1. The lowest BCUT2D eigenvalue weighted by Crippen LogP contribution is -2.58. The SMILES string of the molecule is NC(=NCc1ccc(Nc2ccc(Cl)cc2C(F)(F)F)cc1)[C@@]1(NC(=O)c2cncc(N)c2)CCOC1. The molecule has 12 heteroatoms. The number of hydrogen-bond donors (Lipinski definition) is 4. The maximum absolute atomic E-state index is 13.4. The number of alkyl halides is 3. The second-order valence-corrected chi connectivity index (χ2v) is 8.99. The number of nitrogens with two attached hydrogens (primary N) is 2. The van der Waals surface area contributed by atoms with Gasteiger partial charge in [-0.25, -0.2) is 0 Å². The van der Waals surface area contributed by atoms with Crippen LogP contribution in [0, 0.1) is 0 Å². The fourth-order valence-electron chi connectivity index (χ4n) is 3.84. The Bertz CT molecular complexity index is 1310. The van der Waals surface area contributed by atoms with E-state index in [1.165, 1.54) is 30.6 Å². The van der Waals surface area contributed by atoms with Gasteiger partial charge in [-0.1, -0.05) is 23.7 Å². The topological polar surface area (TPSA) is 128 Å². The monoisotopic (exact) mass is 532 g/mol. The highest BCUT2D eigenvalue weighted by molar-refractivity contribution is 6.30. The molecule has 194 valence electrons. The molecule has 0 unspecified atom stereocenters. The number of halogens is 4. The number of nitrogen functional groups attached to an aromatic ring is 1. The zero-order valence-electron chi connectivity index (χ0n) is 19.5. The second-order valence-electron chi connectivity index (χ2n) is 8.56. The first kappa shape index (κ1) is 26.2. The Balaban J connectivity index is 1.45. The first-order chi connectivity index (χ1) is 17.6. The minimum Gasteiger partial charge on any atom is -0.397 e. The molecule has 0 saturated carbocycles. The molecule has 0 spiro atoms. The van der Waals surface area contributed by atoms with Crippen molar-refractivity contribution in [2.24, 2.45) is 10.7 Å². The van der Waals surface area contributed by atoms with Gasteiger partial charge >= 0.3 is 6.18 Å². The number of carbonyl (C=O) groups is 1. The van der Waals surface area contributed by atoms with Crippen LogP contribution in [-0.4, -0.2) is 35.5 Å². The molecule has 3 aromatic rings. The summed E-state index contributed by atoms with van der Waals surface area (Å²) in [5.74, 6) is -0.201. The number of anilines is 3. The molecule has 1 aliphatic heterocycles. The Kier molecular flexibility index (Phi) is 7.55. The van der Waals surface area contributed by atoms with Crippen molar-refractivity contribution in [3.8, 4) is 0 Å². The minimum absolute atomic E-state index is 0.00476. The highest BCUT2D eigenvalue weighted by atomic mass is 35.5. The van der Waals surface area contributed by atoms with Crippen LogP contribution in [0.2, 0.25) is 5.02 Å². The number of hydrogen-bond acceptors (Lipinski definition) is 6. The number of aromatic nitrogens is 1. The number of pyridine rings is 1. The maximum atomic E-state index is 13.4. The molecule has 1 aromatic heterocycles. The molecular formula is C25H24ClF3N6O2. The quantitative estimate of drug-likeness (QED) is 0.261. The average molecular weight is 533 g/mol. The standard InChI is InChI=1S/C25H24ClF3N6O2/c26-17-3-6-21(20(10-17)25(27,28)29)34-19-4-1-15(2-5-19)11-33-23(31)24(7-8-37-14-24)35-22(36)16-9-18(30)13-32-12-16/h1-6,9-10,12-13,34H,7-8,11,14,30H2,(H2,31,33)(H,35,36)/t24-/m1/s1. The summed E-state index contributed by atoms with van der Waals surface area (Å²) in [7, 11) is 0. The largest absolute Gasteiger partial charge is 0.418 e. The van der Waals surface area contributed by atoms with Gasteiger partial charge in [0.15, 0.2) is 0 Å². The van der Waals surface area contributed by atoms with E-state index in [4.69, 9.17) is 27.8 Å². The van der Waals surface area contributed by atoms with E-state index in [1.807, 2.05) is 0 Å². The molecule has 37 heavy (non-hydrogen) atoms. The molecule has 0 radical (unpaired) electrons. The molecule has 2 aromatic carbocycles. The Morgan fingerprint density at radius 3 is 2.57 bits per heavy atom. The van der Waals surface area contributed by atoms with Gasteiger partial charge in [0, 0.05) is 36.1 Å². The van der Waals surface area contributed by atoms with Crippen LogP contribution in [0.1, 0.15) is 27.9 Å². The van der Waals surface area contributed by atoms with Crippen LogP contribution < -0.4 is 22.1 Å². The van der Waals surface area contributed by atoms with Crippen molar-refractivity contribution in [3.63, 3.8) is 0 Å². The molecular weight excluding hydrogens is 509 g/mol. The summed E-state index contributed by atoms with van der Waals surface area (Å²) in [4.78, 5) is 21.2. The van der Waals surface area contributed by atoms with E-state index in [1.54, 1.807) is 24.3 Å². The number of ether oxygens (including phenoxy) is 1. The predicted octanol–water partition coefficient (Wildman–Crippen LogP) is 4.53. The first-order valence-electron chi connectivity index (χ1n) is 11.2. The van der Waals surface area contributed by atoms with E-state index < -0.39 is 23.2 Å². The van der Waals surface area contributed by atoms with Gasteiger partial charge in [-0.2, -0.15) is 13.2 Å². The van der Waals surface area contributed by atoms with Crippen molar-refractivity contribution in [3.05, 3.63) is 82.6 Å². The van der Waals surface area contributed by atoms with Crippen LogP contribution in [0.5, 0.6) is 0 Å². The van der Waals surface area contributed by atoms with Crippen LogP contribution in [0.4, 0.5) is 30.2 Å². The zero-order chi connectivity index (χ0) is 26.6. The number of rotatable bonds is 7. The third kappa shape index (κ3) is 6.30. The van der Waals surface area contributed by atoms with E-state index in [0.29, 0.717) is 24.4 Å². The highest BCUT2D eigenvalue weighted by Gasteiger charge is 2.40. The van der Waals surface area contributed by atoms with E-state index in [-0.39, 0.29) is 35.3 Å². The molecule has 4 rings (SSSR count). The normalized spacial score (nSPS) is 18.0. The van der Waals surface area contributed by atoms with E-state index in [0.717, 1.165) is 11.6 Å². The summed E-state index contributed by atoms with van der Waals surface area (Å²) in [6.45, 7) is 0.754. The molecule has 1 fully saturated rings. The van der Waals surface area contributed by atoms with Gasteiger partial charge in [0.1, 0.15) is 11.4 Å². The lowest BCUT2D eigenvalue weighted by molar-refractivity contribution is -0.136. The van der Waals surface area contributed by atoms with Crippen LogP contribution in [-0.2, 0) is 17.5 Å². The third-order valence-electron chi connectivity index (χ3n) is 5.84. The summed E-state index contributed by atoms with van der Waals surface area (Å²) >= 11 is 5.74. The van der Waals surface area contributed by atoms with Gasteiger partial charge in [-0.05, 0) is 42.0 Å². The number of nitrogens with one attached hydrogen (secondary N) is 2. The Morgan fingerprint density at radius 1 is 1.16 bits per heavy atom. The summed E-state index contributed by atoms with van der Waals surface area (Å²) in [6.07, 6.45) is -1.28. The molecule has 1 atom stereocenters. The van der Waals surface area contributed by atoms with Gasteiger partial charge in [0.2, 0.25) is 0 Å². The van der Waals surface area contributed by atoms with Gasteiger partial charge in [0.05, 0.1) is 35.7 Å². The minimum atomic E-state index is -4.56. The number of amides is 1. The van der Waals surface area contributed by atoms with Crippen LogP contribution in [0.3, 0.4) is 0 Å². The van der Waals surface area contributed by atoms with Gasteiger partial charge in [-0.3, -0.25) is 14.8 Å². The molecule has 0 aliphatic carbocycles. The van der Waals surface area contributed by atoms with Gasteiger partial charge < -0.3 is 26.8 Å². The van der Waals surface area contributed by atoms with Crippen molar-refractivity contribution in [1.82, 2.24) is 10.3 Å². The number of nitrogens with zero attached hydrogens (tertiary/aromatic N) is 2. The van der Waals surface area contributed by atoms with Crippen molar-refractivity contribution < 1.29 is 22.7 Å². The number of aliphatic imine (C=N–C) groups is 1. The van der Waals surface area contributed by atoms with Crippen LogP contribution >= 0.6 is 11.6 Å². The summed E-state index contributed by atoms with van der Waals surface area (Å²) in [5, 5.41) is 5.67. The Labute approximate surface area is 215 Å². The summed E-state index contributed by atoms with van der Waals surface area (Å²) < 4.78 is 45.6. The number of carbonyl (C=O) groups excluding carboxylic acids is 1. The fraction of sp³-hybridized carbons (Fsp3) is 0.240. The van der Waals surface area contributed by atoms with Gasteiger partial charge in [-0.15, -0.1) is 0 Å². The van der Waals surface area contributed by atoms with Gasteiger partial charge in [0.25, 0.3) is 5.91 Å². The van der Waals surface area contributed by atoms with E-state index >= 15 is 0 Å². The molecule has 8 nitrogen and oxygen atoms in total. The smallest absolute Gasteiger partial charge is 0.397 e. The van der Waals surface area contributed by atoms with Crippen molar-refractivity contribution in [1.29, 1.82) is 0 Å². The van der Waals surface area contributed by atoms with Crippen LogP contribution in [0.15, 0.2) is 65.9 Å². The first-order valence-corrected chi connectivity index (χ1v) is 11.6. The maximum Gasteiger partial charge on any atom is 0.418 e. The molecule has 1 saturated heterocycles. The lowest BCUT2D eigenvalue weighted by atomic mass is 9.96. The van der Waals surface area contributed by atoms with E-state index in [9.17, 15) is 18.0 Å². The Morgan fingerprint density at radius 2 is 1.92 bits per heavy atom.